The topological polar surface area (TPSA) is 83.5 Å². The van der Waals surface area contributed by atoms with E-state index in [4.69, 9.17) is 0 Å². The van der Waals surface area contributed by atoms with E-state index in [1.54, 1.807) is 0 Å². The maximum Gasteiger partial charge on any atom is 1.00 e. The Kier molecular flexibility index (Phi) is 7.01. The third kappa shape index (κ3) is 5.67. The molecule has 15 heavy (non-hydrogen) atoms. The molecule has 0 aromatic heterocycles. The van der Waals surface area contributed by atoms with Crippen LogP contribution in [0.2, 0.25) is 0 Å². The molecule has 0 spiro atoms. The number of carbonyl (C=O) groups is 1. The third-order valence-electron chi connectivity index (χ3n) is 1.58. The van der Waals surface area contributed by atoms with E-state index >= 15 is 0 Å². The van der Waals surface area contributed by atoms with Gasteiger partial charge in [0.2, 0.25) is 0 Å². The van der Waals surface area contributed by atoms with Crippen LogP contribution in [-0.4, -0.2) is 30.3 Å². The zero-order chi connectivity index (χ0) is 11.6. The number of rotatable bonds is 4. The fourth-order valence-corrected chi connectivity index (χ4v) is 0.638. The van der Waals surface area contributed by atoms with Crippen molar-refractivity contribution in [1.29, 1.82) is 0 Å². The van der Waals surface area contributed by atoms with Gasteiger partial charge in [-0.3, -0.25) is 0 Å². The van der Waals surface area contributed by atoms with Gasteiger partial charge in [-0.15, -0.1) is 0 Å². The van der Waals surface area contributed by atoms with Crippen molar-refractivity contribution < 1.29 is 52.1 Å². The second kappa shape index (κ2) is 6.00. The molecule has 0 aromatic rings. The van der Waals surface area contributed by atoms with Gasteiger partial charge in [-0.25, -0.2) is 13.2 Å². The van der Waals surface area contributed by atoms with Crippen LogP contribution in [0.3, 0.4) is 0 Å². The standard InChI is InChI=1S/C8H14O5S.Na/c1-6(2)7(9)13-5-8(3,4)14(10,11)12;/h1,5H2,2-4H3,(H,10,11,12);/q;+1/p-1. The fraction of sp³-hybridized carbons (Fsp3) is 0.625. The van der Waals surface area contributed by atoms with Gasteiger partial charge < -0.3 is 9.29 Å². The van der Waals surface area contributed by atoms with Gasteiger partial charge in [-0.2, -0.15) is 0 Å². The first-order valence-electron chi connectivity index (χ1n) is 3.86. The summed E-state index contributed by atoms with van der Waals surface area (Å²) in [5.74, 6) is -0.707. The van der Waals surface area contributed by atoms with Crippen molar-refractivity contribution in [2.75, 3.05) is 6.61 Å². The minimum absolute atomic E-state index is 0. The Bertz CT molecular complexity index is 344. The van der Waals surface area contributed by atoms with Gasteiger partial charge in [0, 0.05) is 5.57 Å². The van der Waals surface area contributed by atoms with E-state index in [1.807, 2.05) is 0 Å². The Balaban J connectivity index is 0. The molecule has 5 nitrogen and oxygen atoms in total. The summed E-state index contributed by atoms with van der Waals surface area (Å²) in [5, 5.41) is 0. The van der Waals surface area contributed by atoms with Crippen molar-refractivity contribution in [3.8, 4) is 0 Å². The molecular weight excluding hydrogens is 231 g/mol. The van der Waals surface area contributed by atoms with Crippen LogP contribution in [0.1, 0.15) is 20.8 Å². The Morgan fingerprint density at radius 3 is 2.13 bits per heavy atom. The average Bonchev–Trinajstić information content (AvgIpc) is 1.97. The van der Waals surface area contributed by atoms with Crippen LogP contribution in [0.5, 0.6) is 0 Å². The molecule has 0 amide bonds. The smallest absolute Gasteiger partial charge is 0.747 e. The maximum atomic E-state index is 10.9. The quantitative estimate of drug-likeness (QED) is 0.235. The van der Waals surface area contributed by atoms with E-state index < -0.39 is 27.4 Å². The maximum absolute atomic E-state index is 10.9. The predicted molar refractivity (Wildman–Crippen MR) is 49.5 cm³/mol. The van der Waals surface area contributed by atoms with Gasteiger partial charge in [0.25, 0.3) is 0 Å². The molecule has 0 aliphatic carbocycles. The molecule has 0 N–H and O–H groups in total. The first-order valence-corrected chi connectivity index (χ1v) is 5.27. The first kappa shape index (κ1) is 17.5. The molecule has 82 valence electrons. The largest absolute Gasteiger partial charge is 1.00 e. The number of hydrogen-bond acceptors (Lipinski definition) is 5. The first-order chi connectivity index (χ1) is 6.08. The van der Waals surface area contributed by atoms with Crippen LogP contribution >= 0.6 is 0 Å². The van der Waals surface area contributed by atoms with Gasteiger partial charge >= 0.3 is 35.5 Å². The minimum Gasteiger partial charge on any atom is -0.747 e. The van der Waals surface area contributed by atoms with Crippen molar-refractivity contribution in [1.82, 2.24) is 0 Å². The fourth-order valence-electron chi connectivity index (χ4n) is 0.435. The summed E-state index contributed by atoms with van der Waals surface area (Å²) in [6.07, 6.45) is 0. The molecule has 7 heteroatoms. The summed E-state index contributed by atoms with van der Waals surface area (Å²) in [4.78, 5) is 10.9. The molecule has 0 rings (SSSR count). The van der Waals surface area contributed by atoms with E-state index in [0.717, 1.165) is 0 Å². The molecule has 0 bridgehead atoms. The van der Waals surface area contributed by atoms with Crippen molar-refractivity contribution in [2.24, 2.45) is 0 Å². The molecule has 0 fully saturated rings. The van der Waals surface area contributed by atoms with Gasteiger partial charge in [-0.05, 0) is 20.8 Å². The van der Waals surface area contributed by atoms with Crippen LogP contribution in [-0.2, 0) is 19.6 Å². The van der Waals surface area contributed by atoms with Crippen LogP contribution in [0, 0.1) is 0 Å². The van der Waals surface area contributed by atoms with E-state index in [-0.39, 0.29) is 35.1 Å². The predicted octanol–water partition coefficient (Wildman–Crippen LogP) is -2.57. The third-order valence-corrected chi connectivity index (χ3v) is 3.05. The van der Waals surface area contributed by atoms with Crippen molar-refractivity contribution in [2.45, 2.75) is 25.5 Å². The van der Waals surface area contributed by atoms with Gasteiger partial charge in [0.05, 0.1) is 4.75 Å². The monoisotopic (exact) mass is 244 g/mol. The summed E-state index contributed by atoms with van der Waals surface area (Å²) in [7, 11) is -4.48. The number of ether oxygens (including phenoxy) is 1. The minimum atomic E-state index is -4.48. The van der Waals surface area contributed by atoms with Gasteiger partial charge in [0.15, 0.2) is 0 Å². The van der Waals surface area contributed by atoms with Crippen LogP contribution < -0.4 is 29.6 Å². The zero-order valence-corrected chi connectivity index (χ0v) is 12.2. The van der Waals surface area contributed by atoms with Crippen LogP contribution in [0.25, 0.3) is 0 Å². The average molecular weight is 244 g/mol. The Morgan fingerprint density at radius 2 is 1.87 bits per heavy atom. The molecule has 0 heterocycles. The van der Waals surface area contributed by atoms with E-state index in [1.165, 1.54) is 20.8 Å². The van der Waals surface area contributed by atoms with Crippen molar-refractivity contribution in [3.63, 3.8) is 0 Å². The summed E-state index contributed by atoms with van der Waals surface area (Å²) in [6.45, 7) is 6.67. The molecule has 0 atom stereocenters. The second-order valence-electron chi connectivity index (χ2n) is 3.57. The number of hydrogen-bond donors (Lipinski definition) is 0. The Morgan fingerprint density at radius 1 is 1.47 bits per heavy atom. The molecule has 0 unspecified atom stereocenters. The summed E-state index contributed by atoms with van der Waals surface area (Å²) >= 11 is 0. The Hall–Kier alpha value is 0.120. The van der Waals surface area contributed by atoms with Crippen LogP contribution in [0.4, 0.5) is 0 Å². The summed E-state index contributed by atoms with van der Waals surface area (Å²) in [5.41, 5.74) is 0.157. The number of carbonyl (C=O) groups excluding carboxylic acids is 1. The van der Waals surface area contributed by atoms with E-state index in [2.05, 4.69) is 11.3 Å². The molecule has 0 radical (unpaired) electrons. The van der Waals surface area contributed by atoms with Gasteiger partial charge in [0.1, 0.15) is 16.7 Å². The van der Waals surface area contributed by atoms with Crippen molar-refractivity contribution in [3.05, 3.63) is 12.2 Å². The molecule has 0 saturated heterocycles. The Labute approximate surface area is 112 Å². The van der Waals surface area contributed by atoms with E-state index in [0.29, 0.717) is 0 Å². The molecule has 0 saturated carbocycles. The second-order valence-corrected chi connectivity index (χ2v) is 5.58. The molecule has 0 aliphatic rings. The molecular formula is C8H13NaO5S. The zero-order valence-electron chi connectivity index (χ0n) is 9.36. The van der Waals surface area contributed by atoms with Gasteiger partial charge in [-0.1, -0.05) is 6.58 Å². The SMILES string of the molecule is C=C(C)C(=O)OCC(C)(C)S(=O)(=O)[O-].[Na+]. The molecule has 0 aliphatic heterocycles. The molecule has 0 aromatic carbocycles. The van der Waals surface area contributed by atoms with Crippen molar-refractivity contribution >= 4 is 16.1 Å². The van der Waals surface area contributed by atoms with Crippen LogP contribution in [0.15, 0.2) is 12.2 Å². The normalized spacial score (nSPS) is 11.5. The number of esters is 1. The summed E-state index contributed by atoms with van der Waals surface area (Å²) in [6, 6.07) is 0. The summed E-state index contributed by atoms with van der Waals surface area (Å²) < 4.78 is 35.0. The van der Waals surface area contributed by atoms with E-state index in [9.17, 15) is 17.8 Å².